The van der Waals surface area contributed by atoms with Gasteiger partial charge in [-0.2, -0.15) is 4.31 Å². The van der Waals surface area contributed by atoms with Crippen LogP contribution in [0.15, 0.2) is 36.9 Å². The minimum Gasteiger partial charge on any atom is -0.372 e. The third kappa shape index (κ3) is 6.17. The van der Waals surface area contributed by atoms with Crippen molar-refractivity contribution in [2.75, 3.05) is 42.7 Å². The van der Waals surface area contributed by atoms with E-state index in [0.717, 1.165) is 25.0 Å². The molecule has 0 aromatic heterocycles. The summed E-state index contributed by atoms with van der Waals surface area (Å²) in [5, 5.41) is 2.82. The van der Waals surface area contributed by atoms with E-state index in [1.807, 2.05) is 24.3 Å². The zero-order chi connectivity index (χ0) is 18.3. The van der Waals surface area contributed by atoms with Crippen LogP contribution in [0, 0.1) is 0 Å². The van der Waals surface area contributed by atoms with E-state index in [-0.39, 0.29) is 25.4 Å². The van der Waals surface area contributed by atoms with Crippen LogP contribution in [0.2, 0.25) is 0 Å². The van der Waals surface area contributed by atoms with Gasteiger partial charge in [0.25, 0.3) is 0 Å². The molecule has 0 spiro atoms. The number of carbonyl (C=O) groups excluding carboxylic acids is 1. The van der Waals surface area contributed by atoms with Gasteiger partial charge in [0, 0.05) is 44.0 Å². The third-order valence-electron chi connectivity index (χ3n) is 4.26. The highest BCUT2D eigenvalue weighted by Gasteiger charge is 2.16. The van der Waals surface area contributed by atoms with Crippen LogP contribution in [0.5, 0.6) is 0 Å². The summed E-state index contributed by atoms with van der Waals surface area (Å²) in [5.41, 5.74) is 1.90. The van der Waals surface area contributed by atoms with E-state index in [0.29, 0.717) is 0 Å². The molecule has 1 aliphatic heterocycles. The minimum absolute atomic E-state index is 0.106. The number of hydrogen-bond donors (Lipinski definition) is 1. The largest absolute Gasteiger partial charge is 0.372 e. The molecular formula is C18H27N3O3S. The van der Waals surface area contributed by atoms with E-state index < -0.39 is 10.0 Å². The van der Waals surface area contributed by atoms with E-state index in [2.05, 4.69) is 16.8 Å². The molecule has 0 unspecified atom stereocenters. The van der Waals surface area contributed by atoms with Crippen LogP contribution in [0.1, 0.15) is 25.7 Å². The SMILES string of the molecule is C=CCN(CCC(=O)Nc1ccc(N2CCCCC2)cc1)S(C)(=O)=O. The number of carbonyl (C=O) groups is 1. The highest BCUT2D eigenvalue weighted by atomic mass is 32.2. The molecule has 1 aliphatic rings. The Kier molecular flexibility index (Phi) is 7.01. The maximum Gasteiger partial charge on any atom is 0.225 e. The van der Waals surface area contributed by atoms with Crippen LogP contribution in [0.25, 0.3) is 0 Å². The summed E-state index contributed by atoms with van der Waals surface area (Å²) in [6.45, 7) is 6.05. The zero-order valence-electron chi connectivity index (χ0n) is 14.8. The topological polar surface area (TPSA) is 69.7 Å². The standard InChI is InChI=1S/C18H27N3O3S/c1-3-12-21(25(2,23)24)15-11-18(22)19-16-7-9-17(10-8-16)20-13-5-4-6-14-20/h3,7-10H,1,4-6,11-15H2,2H3,(H,19,22). The van der Waals surface area contributed by atoms with Crippen molar-refractivity contribution in [1.82, 2.24) is 4.31 Å². The molecular weight excluding hydrogens is 338 g/mol. The Morgan fingerprint density at radius 2 is 1.88 bits per heavy atom. The third-order valence-corrected chi connectivity index (χ3v) is 5.53. The zero-order valence-corrected chi connectivity index (χ0v) is 15.6. The maximum absolute atomic E-state index is 12.1. The lowest BCUT2D eigenvalue weighted by molar-refractivity contribution is -0.116. The molecule has 7 heteroatoms. The number of rotatable bonds is 8. The van der Waals surface area contributed by atoms with E-state index in [9.17, 15) is 13.2 Å². The van der Waals surface area contributed by atoms with Gasteiger partial charge in [-0.3, -0.25) is 4.79 Å². The van der Waals surface area contributed by atoms with Crippen LogP contribution in [0.4, 0.5) is 11.4 Å². The van der Waals surface area contributed by atoms with Gasteiger partial charge in [-0.05, 0) is 43.5 Å². The van der Waals surface area contributed by atoms with E-state index in [1.165, 1.54) is 35.3 Å². The first-order valence-electron chi connectivity index (χ1n) is 8.61. The summed E-state index contributed by atoms with van der Waals surface area (Å²) in [7, 11) is -3.34. The summed E-state index contributed by atoms with van der Waals surface area (Å²) in [6, 6.07) is 7.81. The first-order valence-corrected chi connectivity index (χ1v) is 10.5. The number of sulfonamides is 1. The first kappa shape index (κ1) is 19.5. The molecule has 1 saturated heterocycles. The van der Waals surface area contributed by atoms with Crippen molar-refractivity contribution >= 4 is 27.3 Å². The number of nitrogens with one attached hydrogen (secondary N) is 1. The molecule has 1 aromatic carbocycles. The van der Waals surface area contributed by atoms with Gasteiger partial charge in [-0.25, -0.2) is 8.42 Å². The Bertz CT molecular complexity index is 680. The monoisotopic (exact) mass is 365 g/mol. The molecule has 1 fully saturated rings. The average Bonchev–Trinajstić information content (AvgIpc) is 2.59. The van der Waals surface area contributed by atoms with Crippen molar-refractivity contribution < 1.29 is 13.2 Å². The molecule has 1 aromatic rings. The molecule has 25 heavy (non-hydrogen) atoms. The lowest BCUT2D eigenvalue weighted by Gasteiger charge is -2.28. The molecule has 0 saturated carbocycles. The van der Waals surface area contributed by atoms with Crippen LogP contribution in [0.3, 0.4) is 0 Å². The van der Waals surface area contributed by atoms with Gasteiger partial charge in [0.2, 0.25) is 15.9 Å². The molecule has 0 bridgehead atoms. The molecule has 0 atom stereocenters. The van der Waals surface area contributed by atoms with Gasteiger partial charge in [0.15, 0.2) is 0 Å². The number of nitrogens with zero attached hydrogens (tertiary/aromatic N) is 2. The predicted octanol–water partition coefficient (Wildman–Crippen LogP) is 2.45. The highest BCUT2D eigenvalue weighted by molar-refractivity contribution is 7.88. The fourth-order valence-corrected chi connectivity index (χ4v) is 3.69. The van der Waals surface area contributed by atoms with Crippen LogP contribution in [-0.4, -0.2) is 51.1 Å². The van der Waals surface area contributed by atoms with Crippen molar-refractivity contribution in [2.45, 2.75) is 25.7 Å². The lowest BCUT2D eigenvalue weighted by atomic mass is 10.1. The Morgan fingerprint density at radius 3 is 2.44 bits per heavy atom. The van der Waals surface area contributed by atoms with Gasteiger partial charge in [-0.1, -0.05) is 6.08 Å². The molecule has 1 amide bonds. The molecule has 2 rings (SSSR count). The van der Waals surface area contributed by atoms with Crippen molar-refractivity contribution in [3.05, 3.63) is 36.9 Å². The number of anilines is 2. The van der Waals surface area contributed by atoms with Crippen molar-refractivity contribution in [2.24, 2.45) is 0 Å². The number of hydrogen-bond acceptors (Lipinski definition) is 4. The van der Waals surface area contributed by atoms with E-state index >= 15 is 0 Å². The Balaban J connectivity index is 1.86. The smallest absolute Gasteiger partial charge is 0.225 e. The minimum atomic E-state index is -3.34. The summed E-state index contributed by atoms with van der Waals surface area (Å²) in [4.78, 5) is 14.4. The fraction of sp³-hybridized carbons (Fsp3) is 0.500. The second-order valence-corrected chi connectivity index (χ2v) is 8.28. The maximum atomic E-state index is 12.1. The summed E-state index contributed by atoms with van der Waals surface area (Å²) >= 11 is 0. The average molecular weight is 365 g/mol. The van der Waals surface area contributed by atoms with Crippen molar-refractivity contribution in [3.8, 4) is 0 Å². The van der Waals surface area contributed by atoms with Gasteiger partial charge in [0.1, 0.15) is 0 Å². The Hall–Kier alpha value is -1.86. The van der Waals surface area contributed by atoms with Gasteiger partial charge in [0.05, 0.1) is 6.26 Å². The highest BCUT2D eigenvalue weighted by Crippen LogP contribution is 2.21. The van der Waals surface area contributed by atoms with E-state index in [1.54, 1.807) is 0 Å². The van der Waals surface area contributed by atoms with Gasteiger partial charge < -0.3 is 10.2 Å². The van der Waals surface area contributed by atoms with E-state index in [4.69, 9.17) is 0 Å². The number of benzene rings is 1. The second-order valence-electron chi connectivity index (χ2n) is 6.30. The van der Waals surface area contributed by atoms with Crippen LogP contribution >= 0.6 is 0 Å². The molecule has 1 heterocycles. The van der Waals surface area contributed by atoms with Crippen LogP contribution in [-0.2, 0) is 14.8 Å². The molecule has 138 valence electrons. The quantitative estimate of drug-likeness (QED) is 0.719. The van der Waals surface area contributed by atoms with Crippen molar-refractivity contribution in [3.63, 3.8) is 0 Å². The van der Waals surface area contributed by atoms with Gasteiger partial charge in [-0.15, -0.1) is 6.58 Å². The Morgan fingerprint density at radius 1 is 1.24 bits per heavy atom. The van der Waals surface area contributed by atoms with Crippen molar-refractivity contribution in [1.29, 1.82) is 0 Å². The van der Waals surface area contributed by atoms with Gasteiger partial charge >= 0.3 is 0 Å². The lowest BCUT2D eigenvalue weighted by Crippen LogP contribution is -2.33. The predicted molar refractivity (Wildman–Crippen MR) is 102 cm³/mol. The molecule has 0 radical (unpaired) electrons. The fourth-order valence-electron chi connectivity index (χ4n) is 2.89. The Labute approximate surface area is 150 Å². The molecule has 6 nitrogen and oxygen atoms in total. The molecule has 0 aliphatic carbocycles. The summed E-state index contributed by atoms with van der Waals surface area (Å²) in [6.07, 6.45) is 6.49. The summed E-state index contributed by atoms with van der Waals surface area (Å²) in [5.74, 6) is -0.205. The summed E-state index contributed by atoms with van der Waals surface area (Å²) < 4.78 is 24.5. The molecule has 1 N–H and O–H groups in total. The number of amides is 1. The van der Waals surface area contributed by atoms with Crippen LogP contribution < -0.4 is 10.2 Å². The first-order chi connectivity index (χ1) is 11.9. The number of piperidine rings is 1. The normalized spacial score (nSPS) is 15.2. The second kappa shape index (κ2) is 9.01.